The summed E-state index contributed by atoms with van der Waals surface area (Å²) < 4.78 is 4.96. The molecule has 1 aromatic carbocycles. The fourth-order valence-corrected chi connectivity index (χ4v) is 2.44. The molecule has 3 N–H and O–H groups in total. The number of hydrogen-bond donors (Lipinski definition) is 2. The van der Waals surface area contributed by atoms with Gasteiger partial charge in [0.05, 0.1) is 6.61 Å². The Kier molecular flexibility index (Phi) is 5.84. The molecule has 1 unspecified atom stereocenters. The molecule has 0 aromatic heterocycles. The van der Waals surface area contributed by atoms with Crippen molar-refractivity contribution in [3.63, 3.8) is 0 Å². The Labute approximate surface area is 101 Å². The van der Waals surface area contributed by atoms with Crippen LogP contribution in [0, 0.1) is 0 Å². The molecule has 0 saturated heterocycles. The molecule has 16 heavy (non-hydrogen) atoms. The van der Waals surface area contributed by atoms with Gasteiger partial charge in [0.1, 0.15) is 5.60 Å². The van der Waals surface area contributed by atoms with Gasteiger partial charge in [-0.05, 0) is 5.56 Å². The van der Waals surface area contributed by atoms with Crippen LogP contribution in [0.5, 0.6) is 0 Å². The number of thioether (sulfide) groups is 1. The molecule has 90 valence electrons. The summed E-state index contributed by atoms with van der Waals surface area (Å²) in [6.45, 7) is 0.928. The first kappa shape index (κ1) is 13.5. The Morgan fingerprint density at radius 1 is 1.38 bits per heavy atom. The van der Waals surface area contributed by atoms with Crippen molar-refractivity contribution in [2.24, 2.45) is 5.73 Å². The minimum absolute atomic E-state index is 0.233. The first-order chi connectivity index (χ1) is 7.73. The largest absolute Gasteiger partial charge is 0.384 e. The minimum Gasteiger partial charge on any atom is -0.384 e. The van der Waals surface area contributed by atoms with Gasteiger partial charge in [-0.3, -0.25) is 0 Å². The normalized spacial score (nSPS) is 14.7. The third-order valence-electron chi connectivity index (χ3n) is 2.42. The maximum atomic E-state index is 10.4. The molecule has 0 fully saturated rings. The van der Waals surface area contributed by atoms with E-state index in [1.165, 1.54) is 0 Å². The SMILES string of the molecule is COCCSCC(O)(CN)c1ccccc1. The monoisotopic (exact) mass is 241 g/mol. The summed E-state index contributed by atoms with van der Waals surface area (Å²) in [5.74, 6) is 1.46. The minimum atomic E-state index is -0.931. The smallest absolute Gasteiger partial charge is 0.111 e. The predicted molar refractivity (Wildman–Crippen MR) is 68.6 cm³/mol. The van der Waals surface area contributed by atoms with Crippen LogP contribution in [0.2, 0.25) is 0 Å². The van der Waals surface area contributed by atoms with Crippen molar-refractivity contribution < 1.29 is 9.84 Å². The Morgan fingerprint density at radius 2 is 2.06 bits per heavy atom. The second-order valence-electron chi connectivity index (χ2n) is 3.65. The number of methoxy groups -OCH3 is 1. The number of aliphatic hydroxyl groups is 1. The third kappa shape index (κ3) is 3.79. The van der Waals surface area contributed by atoms with Crippen molar-refractivity contribution in [3.05, 3.63) is 35.9 Å². The fraction of sp³-hybridized carbons (Fsp3) is 0.500. The highest BCUT2D eigenvalue weighted by atomic mass is 32.2. The molecule has 0 heterocycles. The van der Waals surface area contributed by atoms with E-state index >= 15 is 0 Å². The van der Waals surface area contributed by atoms with Crippen LogP contribution in [-0.4, -0.2) is 36.9 Å². The topological polar surface area (TPSA) is 55.5 Å². The van der Waals surface area contributed by atoms with E-state index in [1.54, 1.807) is 18.9 Å². The quantitative estimate of drug-likeness (QED) is 0.705. The van der Waals surface area contributed by atoms with E-state index in [-0.39, 0.29) is 6.54 Å². The zero-order valence-electron chi connectivity index (χ0n) is 9.56. The second-order valence-corrected chi connectivity index (χ2v) is 4.75. The van der Waals surface area contributed by atoms with E-state index in [1.807, 2.05) is 30.3 Å². The van der Waals surface area contributed by atoms with Crippen LogP contribution < -0.4 is 5.73 Å². The maximum absolute atomic E-state index is 10.4. The van der Waals surface area contributed by atoms with Gasteiger partial charge in [-0.25, -0.2) is 0 Å². The molecule has 0 saturated carbocycles. The van der Waals surface area contributed by atoms with E-state index in [0.717, 1.165) is 11.3 Å². The molecule has 3 nitrogen and oxygen atoms in total. The van der Waals surface area contributed by atoms with Crippen molar-refractivity contribution in [2.75, 3.05) is 31.8 Å². The second kappa shape index (κ2) is 6.91. The van der Waals surface area contributed by atoms with E-state index in [0.29, 0.717) is 12.4 Å². The third-order valence-corrected chi connectivity index (χ3v) is 3.56. The van der Waals surface area contributed by atoms with Crippen LogP contribution >= 0.6 is 11.8 Å². The van der Waals surface area contributed by atoms with Crippen molar-refractivity contribution in [1.82, 2.24) is 0 Å². The molecule has 0 radical (unpaired) electrons. The first-order valence-corrected chi connectivity index (χ1v) is 6.43. The van der Waals surface area contributed by atoms with E-state index in [4.69, 9.17) is 10.5 Å². The van der Waals surface area contributed by atoms with E-state index in [9.17, 15) is 5.11 Å². The van der Waals surface area contributed by atoms with E-state index in [2.05, 4.69) is 0 Å². The molecule has 1 aromatic rings. The summed E-state index contributed by atoms with van der Waals surface area (Å²) in [5.41, 5.74) is 5.61. The van der Waals surface area contributed by atoms with Crippen molar-refractivity contribution in [1.29, 1.82) is 0 Å². The molecule has 0 aliphatic carbocycles. The molecule has 0 bridgehead atoms. The molecule has 0 aliphatic rings. The molecular weight excluding hydrogens is 222 g/mol. The lowest BCUT2D eigenvalue weighted by molar-refractivity contribution is 0.0720. The van der Waals surface area contributed by atoms with Crippen LogP contribution in [0.25, 0.3) is 0 Å². The number of hydrogen-bond acceptors (Lipinski definition) is 4. The van der Waals surface area contributed by atoms with Gasteiger partial charge in [0.15, 0.2) is 0 Å². The Bertz CT molecular complexity index is 294. The van der Waals surface area contributed by atoms with Crippen molar-refractivity contribution in [3.8, 4) is 0 Å². The summed E-state index contributed by atoms with van der Waals surface area (Å²) in [5, 5.41) is 10.4. The van der Waals surface area contributed by atoms with Crippen molar-refractivity contribution in [2.45, 2.75) is 5.60 Å². The molecule has 1 rings (SSSR count). The van der Waals surface area contributed by atoms with Gasteiger partial charge < -0.3 is 15.6 Å². The van der Waals surface area contributed by atoms with Gasteiger partial charge in [-0.15, -0.1) is 0 Å². The predicted octanol–water partition coefficient (Wildman–Crippen LogP) is 1.21. The summed E-state index contributed by atoms with van der Waals surface area (Å²) >= 11 is 1.65. The van der Waals surface area contributed by atoms with Gasteiger partial charge in [-0.2, -0.15) is 11.8 Å². The highest BCUT2D eigenvalue weighted by Crippen LogP contribution is 2.24. The Morgan fingerprint density at radius 3 is 2.62 bits per heavy atom. The number of benzene rings is 1. The molecule has 4 heteroatoms. The number of ether oxygens (including phenoxy) is 1. The lowest BCUT2D eigenvalue weighted by Gasteiger charge is -2.26. The molecule has 0 amide bonds. The lowest BCUT2D eigenvalue weighted by atomic mass is 9.96. The van der Waals surface area contributed by atoms with Crippen LogP contribution in [0.3, 0.4) is 0 Å². The standard InChI is InChI=1S/C12H19NO2S/c1-15-7-8-16-10-12(14,9-13)11-5-3-2-4-6-11/h2-6,14H,7-10,13H2,1H3. The summed E-state index contributed by atoms with van der Waals surface area (Å²) in [6, 6.07) is 9.57. The van der Waals surface area contributed by atoms with Gasteiger partial charge in [0, 0.05) is 25.2 Å². The summed E-state index contributed by atoms with van der Waals surface area (Å²) in [4.78, 5) is 0. The highest BCUT2D eigenvalue weighted by molar-refractivity contribution is 7.99. The van der Waals surface area contributed by atoms with Crippen LogP contribution in [0.15, 0.2) is 30.3 Å². The zero-order chi connectivity index (χ0) is 11.9. The molecular formula is C12H19NO2S. The zero-order valence-corrected chi connectivity index (χ0v) is 10.4. The lowest BCUT2D eigenvalue weighted by Crippen LogP contribution is -2.37. The van der Waals surface area contributed by atoms with Gasteiger partial charge in [-0.1, -0.05) is 30.3 Å². The molecule has 0 aliphatic heterocycles. The number of rotatable bonds is 7. The Hall–Kier alpha value is -0.550. The van der Waals surface area contributed by atoms with Crippen LogP contribution in [0.1, 0.15) is 5.56 Å². The molecule has 0 spiro atoms. The number of nitrogens with two attached hydrogens (primary N) is 1. The van der Waals surface area contributed by atoms with Crippen LogP contribution in [-0.2, 0) is 10.3 Å². The summed E-state index contributed by atoms with van der Waals surface area (Å²) in [7, 11) is 1.67. The molecule has 1 atom stereocenters. The Balaban J connectivity index is 2.56. The van der Waals surface area contributed by atoms with Crippen molar-refractivity contribution >= 4 is 11.8 Å². The highest BCUT2D eigenvalue weighted by Gasteiger charge is 2.26. The summed E-state index contributed by atoms with van der Waals surface area (Å²) in [6.07, 6.45) is 0. The fourth-order valence-electron chi connectivity index (χ4n) is 1.39. The maximum Gasteiger partial charge on any atom is 0.111 e. The van der Waals surface area contributed by atoms with Gasteiger partial charge in [0.25, 0.3) is 0 Å². The van der Waals surface area contributed by atoms with Crippen LogP contribution in [0.4, 0.5) is 0 Å². The van der Waals surface area contributed by atoms with Gasteiger partial charge >= 0.3 is 0 Å². The van der Waals surface area contributed by atoms with E-state index < -0.39 is 5.60 Å². The average molecular weight is 241 g/mol. The average Bonchev–Trinajstić information content (AvgIpc) is 2.35. The van der Waals surface area contributed by atoms with Gasteiger partial charge in [0.2, 0.25) is 0 Å². The first-order valence-electron chi connectivity index (χ1n) is 5.27.